The smallest absolute Gasteiger partial charge is 0.337 e. The molecule has 1 aliphatic rings. The lowest BCUT2D eigenvalue weighted by atomic mass is 9.82. The molecular formula is C23H28N2O3. The average molecular weight is 380 g/mol. The highest BCUT2D eigenvalue weighted by Gasteiger charge is 2.27. The summed E-state index contributed by atoms with van der Waals surface area (Å²) >= 11 is 0. The van der Waals surface area contributed by atoms with E-state index in [1.807, 2.05) is 12.1 Å². The van der Waals surface area contributed by atoms with Gasteiger partial charge in [-0.3, -0.25) is 4.79 Å². The topological polar surface area (TPSA) is 67.4 Å². The first kappa shape index (κ1) is 20.1. The maximum atomic E-state index is 12.8. The minimum atomic E-state index is -0.366. The highest BCUT2D eigenvalue weighted by molar-refractivity contribution is 5.89. The van der Waals surface area contributed by atoms with Crippen LogP contribution in [0.3, 0.4) is 0 Å². The molecule has 5 heteroatoms. The van der Waals surface area contributed by atoms with Gasteiger partial charge in [0.1, 0.15) is 0 Å². The maximum Gasteiger partial charge on any atom is 0.337 e. The molecule has 148 valence electrons. The molecular weight excluding hydrogens is 352 g/mol. The van der Waals surface area contributed by atoms with E-state index in [0.717, 1.165) is 17.7 Å². The average Bonchev–Trinajstić information content (AvgIpc) is 2.70. The van der Waals surface area contributed by atoms with Crippen LogP contribution in [0.2, 0.25) is 0 Å². The van der Waals surface area contributed by atoms with Gasteiger partial charge < -0.3 is 15.4 Å². The zero-order valence-electron chi connectivity index (χ0n) is 17.0. The molecule has 3 rings (SSSR count). The number of carbonyl (C=O) groups is 2. The molecule has 5 nitrogen and oxygen atoms in total. The van der Waals surface area contributed by atoms with Crippen molar-refractivity contribution in [1.29, 1.82) is 0 Å². The van der Waals surface area contributed by atoms with Crippen molar-refractivity contribution in [2.75, 3.05) is 13.7 Å². The zero-order chi connectivity index (χ0) is 20.3. The van der Waals surface area contributed by atoms with Crippen LogP contribution in [-0.4, -0.2) is 25.5 Å². The number of methoxy groups -OCH3 is 1. The van der Waals surface area contributed by atoms with Crippen molar-refractivity contribution in [2.24, 2.45) is 0 Å². The standard InChI is InChI=1S/C23H28N2O3/c1-23(2,3)18-9-10-19-17(11-18)13-24-14-20(19)21(26)25-12-15-5-7-16(8-6-15)22(27)28-4/h5-11,20,24H,12-14H2,1-4H3,(H,25,26). The molecule has 1 aliphatic heterocycles. The van der Waals surface area contributed by atoms with Crippen LogP contribution in [0.5, 0.6) is 0 Å². The van der Waals surface area contributed by atoms with Crippen molar-refractivity contribution in [3.05, 3.63) is 70.3 Å². The van der Waals surface area contributed by atoms with Crippen LogP contribution in [0, 0.1) is 0 Å². The Morgan fingerprint density at radius 1 is 1.14 bits per heavy atom. The molecule has 2 aromatic rings. The molecule has 28 heavy (non-hydrogen) atoms. The molecule has 0 saturated heterocycles. The molecule has 1 unspecified atom stereocenters. The van der Waals surface area contributed by atoms with E-state index in [1.165, 1.54) is 18.2 Å². The molecule has 0 radical (unpaired) electrons. The molecule has 2 aromatic carbocycles. The number of fused-ring (bicyclic) bond motifs is 1. The lowest BCUT2D eigenvalue weighted by molar-refractivity contribution is -0.122. The number of nitrogens with one attached hydrogen (secondary N) is 2. The number of carbonyl (C=O) groups excluding carboxylic acids is 2. The van der Waals surface area contributed by atoms with Gasteiger partial charge in [-0.2, -0.15) is 0 Å². The van der Waals surface area contributed by atoms with E-state index >= 15 is 0 Å². The molecule has 0 aromatic heterocycles. The molecule has 0 saturated carbocycles. The fourth-order valence-electron chi connectivity index (χ4n) is 3.45. The number of ether oxygens (including phenoxy) is 1. The molecule has 1 atom stereocenters. The Kier molecular flexibility index (Phi) is 5.84. The number of benzene rings is 2. The molecule has 0 aliphatic carbocycles. The van der Waals surface area contributed by atoms with E-state index in [2.05, 4.69) is 49.6 Å². The zero-order valence-corrected chi connectivity index (χ0v) is 17.0. The van der Waals surface area contributed by atoms with Gasteiger partial charge in [0.15, 0.2) is 0 Å². The summed E-state index contributed by atoms with van der Waals surface area (Å²) in [6.45, 7) is 8.43. The third-order valence-electron chi connectivity index (χ3n) is 5.21. The van der Waals surface area contributed by atoms with Crippen LogP contribution in [0.1, 0.15) is 59.3 Å². The van der Waals surface area contributed by atoms with Crippen LogP contribution in [-0.2, 0) is 28.0 Å². The van der Waals surface area contributed by atoms with E-state index in [1.54, 1.807) is 12.1 Å². The molecule has 0 fully saturated rings. The number of esters is 1. The number of rotatable bonds is 4. The SMILES string of the molecule is COC(=O)c1ccc(CNC(=O)C2CNCc3cc(C(C)(C)C)ccc32)cc1. The largest absolute Gasteiger partial charge is 0.465 e. The normalized spacial score (nSPS) is 16.2. The Balaban J connectivity index is 1.68. The number of hydrogen-bond donors (Lipinski definition) is 2. The lowest BCUT2D eigenvalue weighted by Gasteiger charge is -2.28. The van der Waals surface area contributed by atoms with E-state index in [0.29, 0.717) is 18.7 Å². The van der Waals surface area contributed by atoms with Gasteiger partial charge in [0.05, 0.1) is 18.6 Å². The number of hydrogen-bond acceptors (Lipinski definition) is 4. The van der Waals surface area contributed by atoms with E-state index < -0.39 is 0 Å². The predicted molar refractivity (Wildman–Crippen MR) is 109 cm³/mol. The summed E-state index contributed by atoms with van der Waals surface area (Å²) in [5.74, 6) is -0.559. The van der Waals surface area contributed by atoms with Crippen LogP contribution >= 0.6 is 0 Å². The summed E-state index contributed by atoms with van der Waals surface area (Å²) in [7, 11) is 1.36. The fourth-order valence-corrected chi connectivity index (χ4v) is 3.45. The van der Waals surface area contributed by atoms with Crippen molar-refractivity contribution in [2.45, 2.75) is 45.2 Å². The summed E-state index contributed by atoms with van der Waals surface area (Å²) < 4.78 is 4.70. The summed E-state index contributed by atoms with van der Waals surface area (Å²) in [5, 5.41) is 6.38. The molecule has 0 bridgehead atoms. The highest BCUT2D eigenvalue weighted by Crippen LogP contribution is 2.30. The lowest BCUT2D eigenvalue weighted by Crippen LogP contribution is -2.38. The van der Waals surface area contributed by atoms with Crippen molar-refractivity contribution >= 4 is 11.9 Å². The quantitative estimate of drug-likeness (QED) is 0.799. The Labute approximate surface area is 166 Å². The van der Waals surface area contributed by atoms with Gasteiger partial charge in [0.25, 0.3) is 0 Å². The minimum Gasteiger partial charge on any atom is -0.465 e. The monoisotopic (exact) mass is 380 g/mol. The summed E-state index contributed by atoms with van der Waals surface area (Å²) in [6.07, 6.45) is 0. The van der Waals surface area contributed by atoms with E-state index in [9.17, 15) is 9.59 Å². The van der Waals surface area contributed by atoms with Gasteiger partial charge in [0, 0.05) is 19.6 Å². The third-order valence-corrected chi connectivity index (χ3v) is 5.21. The van der Waals surface area contributed by atoms with Gasteiger partial charge in [0.2, 0.25) is 5.91 Å². The van der Waals surface area contributed by atoms with E-state index in [4.69, 9.17) is 4.74 Å². The van der Waals surface area contributed by atoms with Crippen molar-refractivity contribution < 1.29 is 14.3 Å². The van der Waals surface area contributed by atoms with E-state index in [-0.39, 0.29) is 23.2 Å². The van der Waals surface area contributed by atoms with Gasteiger partial charge in [-0.25, -0.2) is 4.79 Å². The second kappa shape index (κ2) is 8.15. The summed E-state index contributed by atoms with van der Waals surface area (Å²) in [5.41, 5.74) is 5.10. The Bertz CT molecular complexity index is 866. The first-order valence-electron chi connectivity index (χ1n) is 9.58. The Morgan fingerprint density at radius 3 is 2.50 bits per heavy atom. The van der Waals surface area contributed by atoms with Gasteiger partial charge in [-0.05, 0) is 39.8 Å². The van der Waals surface area contributed by atoms with Gasteiger partial charge >= 0.3 is 5.97 Å². The van der Waals surface area contributed by atoms with Crippen LogP contribution in [0.4, 0.5) is 0 Å². The molecule has 0 spiro atoms. The second-order valence-electron chi connectivity index (χ2n) is 8.25. The molecule has 1 heterocycles. The fraction of sp³-hybridized carbons (Fsp3) is 0.391. The van der Waals surface area contributed by atoms with Gasteiger partial charge in [-0.15, -0.1) is 0 Å². The minimum absolute atomic E-state index is 0.00834. The van der Waals surface area contributed by atoms with Crippen LogP contribution in [0.25, 0.3) is 0 Å². The second-order valence-corrected chi connectivity index (χ2v) is 8.25. The Hall–Kier alpha value is -2.66. The predicted octanol–water partition coefficient (Wildman–Crippen LogP) is 3.27. The van der Waals surface area contributed by atoms with Gasteiger partial charge in [-0.1, -0.05) is 51.1 Å². The summed E-state index contributed by atoms with van der Waals surface area (Å²) in [4.78, 5) is 24.3. The Morgan fingerprint density at radius 2 is 1.86 bits per heavy atom. The first-order valence-corrected chi connectivity index (χ1v) is 9.58. The first-order chi connectivity index (χ1) is 13.3. The van der Waals surface area contributed by atoms with Crippen molar-refractivity contribution in [3.63, 3.8) is 0 Å². The van der Waals surface area contributed by atoms with Crippen molar-refractivity contribution in [1.82, 2.24) is 10.6 Å². The molecule has 2 N–H and O–H groups in total. The maximum absolute atomic E-state index is 12.8. The summed E-state index contributed by atoms with van der Waals surface area (Å²) in [6, 6.07) is 13.5. The van der Waals surface area contributed by atoms with Crippen LogP contribution in [0.15, 0.2) is 42.5 Å². The highest BCUT2D eigenvalue weighted by atomic mass is 16.5. The van der Waals surface area contributed by atoms with Crippen molar-refractivity contribution in [3.8, 4) is 0 Å². The third kappa shape index (κ3) is 4.42. The van der Waals surface area contributed by atoms with Crippen LogP contribution < -0.4 is 10.6 Å². The molecule has 1 amide bonds. The number of amides is 1.